The minimum Gasteiger partial charge on any atom is -0.325 e. The molecule has 24 heavy (non-hydrogen) atoms. The third-order valence-electron chi connectivity index (χ3n) is 5.55. The molecule has 1 atom stereocenters. The van der Waals surface area contributed by atoms with Gasteiger partial charge in [0.15, 0.2) is 0 Å². The SMILES string of the molecule is [NH3+]c1ccc2c(c1)C1(CCCc3ccccc31)c1ccccc1S2. The molecule has 1 unspecified atom stereocenters. The Morgan fingerprint density at radius 1 is 0.792 bits per heavy atom. The van der Waals surface area contributed by atoms with Crippen molar-refractivity contribution in [2.45, 2.75) is 34.5 Å². The summed E-state index contributed by atoms with van der Waals surface area (Å²) in [6.07, 6.45) is 3.60. The Balaban J connectivity index is 1.91. The van der Waals surface area contributed by atoms with E-state index in [1.54, 1.807) is 0 Å². The second kappa shape index (κ2) is 5.23. The van der Waals surface area contributed by atoms with E-state index in [0.717, 1.165) is 5.69 Å². The number of aryl methyl sites for hydroxylation is 1. The largest absolute Gasteiger partial charge is 0.325 e. The van der Waals surface area contributed by atoms with E-state index in [2.05, 4.69) is 72.5 Å². The van der Waals surface area contributed by atoms with Crippen LogP contribution < -0.4 is 5.73 Å². The molecule has 5 rings (SSSR count). The van der Waals surface area contributed by atoms with Crippen LogP contribution in [0.3, 0.4) is 0 Å². The number of benzene rings is 3. The number of rotatable bonds is 0. The summed E-state index contributed by atoms with van der Waals surface area (Å²) in [4.78, 5) is 2.79. The lowest BCUT2D eigenvalue weighted by molar-refractivity contribution is -0.254. The van der Waals surface area contributed by atoms with Crippen molar-refractivity contribution in [1.82, 2.24) is 0 Å². The van der Waals surface area contributed by atoms with Crippen LogP contribution in [0.25, 0.3) is 0 Å². The highest BCUT2D eigenvalue weighted by molar-refractivity contribution is 7.99. The van der Waals surface area contributed by atoms with E-state index in [9.17, 15) is 0 Å². The molecule has 0 saturated heterocycles. The van der Waals surface area contributed by atoms with E-state index in [1.165, 1.54) is 51.3 Å². The zero-order chi connectivity index (χ0) is 16.1. The minimum absolute atomic E-state index is 0.0142. The molecule has 3 N–H and O–H groups in total. The van der Waals surface area contributed by atoms with E-state index in [1.807, 2.05) is 11.8 Å². The van der Waals surface area contributed by atoms with E-state index < -0.39 is 0 Å². The van der Waals surface area contributed by atoms with E-state index in [0.29, 0.717) is 0 Å². The summed E-state index contributed by atoms with van der Waals surface area (Å²) in [5.41, 5.74) is 11.2. The third-order valence-corrected chi connectivity index (χ3v) is 6.70. The molecule has 3 aromatic rings. The van der Waals surface area contributed by atoms with Gasteiger partial charge in [0.05, 0.1) is 0 Å². The first kappa shape index (κ1) is 14.3. The monoisotopic (exact) mass is 330 g/mol. The molecule has 1 spiro atoms. The molecule has 118 valence electrons. The maximum absolute atomic E-state index is 4.21. The van der Waals surface area contributed by atoms with Gasteiger partial charge in [0.2, 0.25) is 0 Å². The predicted molar refractivity (Wildman–Crippen MR) is 98.8 cm³/mol. The van der Waals surface area contributed by atoms with Crippen LogP contribution in [0.1, 0.15) is 35.1 Å². The van der Waals surface area contributed by atoms with Crippen LogP contribution in [0, 0.1) is 0 Å². The molecular weight excluding hydrogens is 310 g/mol. The Labute approximate surface area is 146 Å². The van der Waals surface area contributed by atoms with Gasteiger partial charge in [-0.3, -0.25) is 0 Å². The lowest BCUT2D eigenvalue weighted by Gasteiger charge is -2.44. The summed E-state index contributed by atoms with van der Waals surface area (Å²) >= 11 is 1.91. The first-order chi connectivity index (χ1) is 11.8. The highest BCUT2D eigenvalue weighted by atomic mass is 32.2. The Bertz CT molecular complexity index is 946. The van der Waals surface area contributed by atoms with Crippen LogP contribution in [0.5, 0.6) is 0 Å². The van der Waals surface area contributed by atoms with Crippen molar-refractivity contribution in [3.8, 4) is 0 Å². The number of hydrogen-bond donors (Lipinski definition) is 1. The van der Waals surface area contributed by atoms with Crippen molar-refractivity contribution in [3.63, 3.8) is 0 Å². The summed E-state index contributed by atoms with van der Waals surface area (Å²) < 4.78 is 0. The second-order valence-electron chi connectivity index (χ2n) is 6.84. The van der Waals surface area contributed by atoms with Crippen molar-refractivity contribution in [2.75, 3.05) is 0 Å². The fourth-order valence-electron chi connectivity index (χ4n) is 4.56. The Hall–Kier alpha value is -2.03. The van der Waals surface area contributed by atoms with Gasteiger partial charge in [-0.1, -0.05) is 54.2 Å². The van der Waals surface area contributed by atoms with E-state index >= 15 is 0 Å². The number of fused-ring (bicyclic) bond motifs is 6. The van der Waals surface area contributed by atoms with Gasteiger partial charge in [-0.2, -0.15) is 0 Å². The molecule has 0 radical (unpaired) electrons. The topological polar surface area (TPSA) is 27.6 Å². The van der Waals surface area contributed by atoms with Crippen molar-refractivity contribution >= 4 is 17.4 Å². The Morgan fingerprint density at radius 3 is 2.46 bits per heavy atom. The molecule has 3 aromatic carbocycles. The summed E-state index contributed by atoms with van der Waals surface area (Å²) in [6, 6.07) is 24.7. The van der Waals surface area contributed by atoms with Crippen molar-refractivity contribution in [1.29, 1.82) is 0 Å². The molecule has 0 fully saturated rings. The van der Waals surface area contributed by atoms with Crippen LogP contribution >= 0.6 is 11.8 Å². The average Bonchev–Trinajstić information content (AvgIpc) is 2.63. The summed E-state index contributed by atoms with van der Waals surface area (Å²) in [7, 11) is 0. The summed E-state index contributed by atoms with van der Waals surface area (Å²) in [5.74, 6) is 0. The quantitative estimate of drug-likeness (QED) is 0.636. The number of hydrogen-bond acceptors (Lipinski definition) is 1. The fraction of sp³-hybridized carbons (Fsp3) is 0.182. The summed E-state index contributed by atoms with van der Waals surface area (Å²) in [6.45, 7) is 0. The minimum atomic E-state index is -0.0142. The molecule has 1 aliphatic heterocycles. The predicted octanol–water partition coefficient (Wildman–Crippen LogP) is 4.70. The Morgan fingerprint density at radius 2 is 1.54 bits per heavy atom. The third kappa shape index (κ3) is 1.87. The van der Waals surface area contributed by atoms with Gasteiger partial charge < -0.3 is 5.73 Å². The van der Waals surface area contributed by atoms with Gasteiger partial charge in [-0.15, -0.1) is 0 Å². The molecule has 0 amide bonds. The molecule has 1 heterocycles. The fourth-order valence-corrected chi connectivity index (χ4v) is 5.78. The molecule has 1 nitrogen and oxygen atoms in total. The Kier molecular flexibility index (Phi) is 3.12. The van der Waals surface area contributed by atoms with E-state index in [4.69, 9.17) is 0 Å². The first-order valence-electron chi connectivity index (χ1n) is 8.61. The zero-order valence-electron chi connectivity index (χ0n) is 13.6. The molecule has 2 aliphatic rings. The van der Waals surface area contributed by atoms with Gasteiger partial charge in [0.25, 0.3) is 0 Å². The van der Waals surface area contributed by atoms with Crippen LogP contribution in [-0.4, -0.2) is 0 Å². The van der Waals surface area contributed by atoms with Crippen molar-refractivity contribution in [2.24, 2.45) is 0 Å². The molecule has 0 bridgehead atoms. The van der Waals surface area contributed by atoms with Gasteiger partial charge >= 0.3 is 0 Å². The highest BCUT2D eigenvalue weighted by Gasteiger charge is 2.45. The van der Waals surface area contributed by atoms with Crippen LogP contribution in [0.15, 0.2) is 76.5 Å². The standard InChI is InChI=1S/C22H19NS/c23-16-11-12-21-19(14-16)22(18-9-3-4-10-20(18)24-21)13-5-7-15-6-1-2-8-17(15)22/h1-4,6,8-12,14H,5,7,13,23H2/p+1. The maximum atomic E-state index is 4.21. The van der Waals surface area contributed by atoms with Crippen molar-refractivity contribution in [3.05, 3.63) is 89.0 Å². The lowest BCUT2D eigenvalue weighted by atomic mass is 9.62. The first-order valence-corrected chi connectivity index (χ1v) is 9.43. The van der Waals surface area contributed by atoms with Crippen molar-refractivity contribution < 1.29 is 5.73 Å². The number of quaternary nitrogens is 1. The highest BCUT2D eigenvalue weighted by Crippen LogP contribution is 2.56. The summed E-state index contributed by atoms with van der Waals surface area (Å²) in [5, 5.41) is 0. The van der Waals surface area contributed by atoms with Gasteiger partial charge in [0, 0.05) is 27.3 Å². The van der Waals surface area contributed by atoms with Gasteiger partial charge in [-0.05, 0) is 53.6 Å². The van der Waals surface area contributed by atoms with Crippen LogP contribution in [0.4, 0.5) is 5.69 Å². The normalized spacial score (nSPS) is 21.0. The molecule has 0 saturated carbocycles. The molecule has 2 heteroatoms. The zero-order valence-corrected chi connectivity index (χ0v) is 14.4. The molecular formula is C22H20NS+. The second-order valence-corrected chi connectivity index (χ2v) is 7.93. The lowest BCUT2D eigenvalue weighted by Crippen LogP contribution is -2.42. The molecule has 0 aromatic heterocycles. The average molecular weight is 330 g/mol. The molecule has 1 aliphatic carbocycles. The van der Waals surface area contributed by atoms with Gasteiger partial charge in [0.1, 0.15) is 5.69 Å². The maximum Gasteiger partial charge on any atom is 0.128 e. The van der Waals surface area contributed by atoms with E-state index in [-0.39, 0.29) is 5.41 Å². The van der Waals surface area contributed by atoms with Crippen LogP contribution in [-0.2, 0) is 11.8 Å². The van der Waals surface area contributed by atoms with Crippen LogP contribution in [0.2, 0.25) is 0 Å². The smallest absolute Gasteiger partial charge is 0.128 e. The van der Waals surface area contributed by atoms with Gasteiger partial charge in [-0.25, -0.2) is 0 Å².